The van der Waals surface area contributed by atoms with E-state index in [0.29, 0.717) is 0 Å². The van der Waals surface area contributed by atoms with E-state index < -0.39 is 0 Å². The molecule has 0 unspecified atom stereocenters. The molecule has 0 amide bonds. The van der Waals surface area contributed by atoms with Gasteiger partial charge in [0, 0.05) is 0 Å². The smallest absolute Gasteiger partial charge is 0.00135 e. The molecule has 0 atom stereocenters. The third-order valence-corrected chi connectivity index (χ3v) is 5.06. The van der Waals surface area contributed by atoms with E-state index in [1.165, 1.54) is 44.2 Å². The van der Waals surface area contributed by atoms with Crippen molar-refractivity contribution in [3.05, 3.63) is 107 Å². The Morgan fingerprint density at radius 3 is 1.92 bits per heavy atom. The van der Waals surface area contributed by atoms with E-state index in [9.17, 15) is 0 Å². The van der Waals surface area contributed by atoms with Crippen LogP contribution >= 0.6 is 0 Å². The van der Waals surface area contributed by atoms with Crippen LogP contribution in [0.4, 0.5) is 0 Å². The Hall–Kier alpha value is -2.86. The van der Waals surface area contributed by atoms with Crippen molar-refractivity contribution in [3.63, 3.8) is 0 Å². The number of benzene rings is 4. The molecule has 0 heterocycles. The number of hydrogen-bond donors (Lipinski definition) is 0. The summed E-state index contributed by atoms with van der Waals surface area (Å²) in [5.41, 5.74) is 8.10. The van der Waals surface area contributed by atoms with Gasteiger partial charge in [-0.05, 0) is 64.4 Å². The summed E-state index contributed by atoms with van der Waals surface area (Å²) in [4.78, 5) is 0. The maximum absolute atomic E-state index is 2.26. The first-order chi connectivity index (χ1) is 12.2. The molecule has 0 aliphatic carbocycles. The maximum Gasteiger partial charge on any atom is -0.00135 e. The lowest BCUT2D eigenvalue weighted by atomic mass is 9.90. The molecule has 4 aromatic carbocycles. The van der Waals surface area contributed by atoms with E-state index in [1.807, 2.05) is 0 Å². The Kier molecular flexibility index (Phi) is 4.11. The van der Waals surface area contributed by atoms with Crippen molar-refractivity contribution < 1.29 is 0 Å². The van der Waals surface area contributed by atoms with Crippen LogP contribution in [0.2, 0.25) is 0 Å². The Balaban J connectivity index is 1.84. The highest BCUT2D eigenvalue weighted by atomic mass is 14.1. The van der Waals surface area contributed by atoms with E-state index in [4.69, 9.17) is 0 Å². The molecule has 0 aromatic heterocycles. The zero-order chi connectivity index (χ0) is 17.2. The fourth-order valence-electron chi connectivity index (χ4n) is 3.70. The topological polar surface area (TPSA) is 0 Å². The van der Waals surface area contributed by atoms with Gasteiger partial charge < -0.3 is 0 Å². The zero-order valence-corrected chi connectivity index (χ0v) is 14.8. The van der Waals surface area contributed by atoms with Crippen molar-refractivity contribution in [2.75, 3.05) is 0 Å². The molecule has 0 radical (unpaired) electrons. The normalized spacial score (nSPS) is 11.0. The molecule has 0 aliphatic rings. The second-order valence-corrected chi connectivity index (χ2v) is 6.74. The van der Waals surface area contributed by atoms with Crippen LogP contribution in [0.3, 0.4) is 0 Å². The third kappa shape index (κ3) is 2.96. The molecular formula is C25H22. The monoisotopic (exact) mass is 322 g/mol. The van der Waals surface area contributed by atoms with Gasteiger partial charge in [-0.15, -0.1) is 0 Å². The minimum absolute atomic E-state index is 0.950. The van der Waals surface area contributed by atoms with Gasteiger partial charge in [0.05, 0.1) is 0 Å². The van der Waals surface area contributed by atoms with Gasteiger partial charge in [0.2, 0.25) is 0 Å². The first-order valence-electron chi connectivity index (χ1n) is 8.85. The van der Waals surface area contributed by atoms with Crippen molar-refractivity contribution in [2.45, 2.75) is 20.3 Å². The molecular weight excluding hydrogens is 300 g/mol. The van der Waals surface area contributed by atoms with E-state index in [2.05, 4.69) is 98.8 Å². The quantitative estimate of drug-likeness (QED) is 0.393. The SMILES string of the molecule is Cc1ccccc1-c1ccccc1Cc1cccc2c(C)cccc12. The molecule has 4 aromatic rings. The first kappa shape index (κ1) is 15.7. The molecule has 0 saturated carbocycles. The lowest BCUT2D eigenvalue weighted by Crippen LogP contribution is -1.95. The molecule has 0 heteroatoms. The predicted octanol–water partition coefficient (Wildman–Crippen LogP) is 6.71. The molecule has 0 N–H and O–H groups in total. The molecule has 122 valence electrons. The average molecular weight is 322 g/mol. The Bertz CT molecular complexity index is 1040. The summed E-state index contributed by atoms with van der Waals surface area (Å²) in [5, 5.41) is 2.72. The van der Waals surface area contributed by atoms with Gasteiger partial charge in [-0.25, -0.2) is 0 Å². The zero-order valence-electron chi connectivity index (χ0n) is 14.8. The largest absolute Gasteiger partial charge is 0.0620 e. The lowest BCUT2D eigenvalue weighted by Gasteiger charge is -2.14. The number of aryl methyl sites for hydroxylation is 2. The minimum atomic E-state index is 0.950. The molecule has 25 heavy (non-hydrogen) atoms. The minimum Gasteiger partial charge on any atom is -0.0620 e. The van der Waals surface area contributed by atoms with E-state index in [-0.39, 0.29) is 0 Å². The summed E-state index contributed by atoms with van der Waals surface area (Å²) in [5.74, 6) is 0. The third-order valence-electron chi connectivity index (χ3n) is 5.06. The van der Waals surface area contributed by atoms with Crippen molar-refractivity contribution in [2.24, 2.45) is 0 Å². The molecule has 0 saturated heterocycles. The van der Waals surface area contributed by atoms with Gasteiger partial charge in [0.15, 0.2) is 0 Å². The van der Waals surface area contributed by atoms with Crippen molar-refractivity contribution in [3.8, 4) is 11.1 Å². The summed E-state index contributed by atoms with van der Waals surface area (Å²) in [6.07, 6.45) is 0.950. The predicted molar refractivity (Wildman–Crippen MR) is 108 cm³/mol. The molecule has 0 nitrogen and oxygen atoms in total. The van der Waals surface area contributed by atoms with E-state index in [1.54, 1.807) is 0 Å². The fraction of sp³-hybridized carbons (Fsp3) is 0.120. The number of rotatable bonds is 3. The molecule has 0 aliphatic heterocycles. The van der Waals surface area contributed by atoms with Crippen molar-refractivity contribution >= 4 is 10.8 Å². The standard InChI is InChI=1S/C25H22/c1-18-9-3-5-13-22(18)24-14-6-4-11-20(24)17-21-12-8-15-23-19(2)10-7-16-25(21)23/h3-16H,17H2,1-2H3. The van der Waals surface area contributed by atoms with Crippen LogP contribution in [-0.2, 0) is 6.42 Å². The van der Waals surface area contributed by atoms with Crippen molar-refractivity contribution in [1.82, 2.24) is 0 Å². The first-order valence-corrected chi connectivity index (χ1v) is 8.85. The summed E-state index contributed by atoms with van der Waals surface area (Å²) in [7, 11) is 0. The van der Waals surface area contributed by atoms with Crippen LogP contribution in [0.25, 0.3) is 21.9 Å². The Morgan fingerprint density at radius 2 is 1.08 bits per heavy atom. The van der Waals surface area contributed by atoms with Crippen LogP contribution in [0.15, 0.2) is 84.9 Å². The second-order valence-electron chi connectivity index (χ2n) is 6.74. The van der Waals surface area contributed by atoms with Crippen LogP contribution in [0.5, 0.6) is 0 Å². The Morgan fingerprint density at radius 1 is 0.480 bits per heavy atom. The van der Waals surface area contributed by atoms with Crippen LogP contribution < -0.4 is 0 Å². The van der Waals surface area contributed by atoms with Crippen LogP contribution in [-0.4, -0.2) is 0 Å². The lowest BCUT2D eigenvalue weighted by molar-refractivity contribution is 1.21. The van der Waals surface area contributed by atoms with Gasteiger partial charge >= 0.3 is 0 Å². The van der Waals surface area contributed by atoms with Gasteiger partial charge in [-0.1, -0.05) is 84.9 Å². The van der Waals surface area contributed by atoms with E-state index in [0.717, 1.165) is 6.42 Å². The van der Waals surface area contributed by atoms with Gasteiger partial charge in [0.25, 0.3) is 0 Å². The summed E-state index contributed by atoms with van der Waals surface area (Å²) >= 11 is 0. The second kappa shape index (κ2) is 6.57. The van der Waals surface area contributed by atoms with Gasteiger partial charge in [-0.3, -0.25) is 0 Å². The van der Waals surface area contributed by atoms with Gasteiger partial charge in [0.1, 0.15) is 0 Å². The number of fused-ring (bicyclic) bond motifs is 1. The van der Waals surface area contributed by atoms with Crippen LogP contribution in [0, 0.1) is 13.8 Å². The van der Waals surface area contributed by atoms with Crippen LogP contribution in [0.1, 0.15) is 22.3 Å². The van der Waals surface area contributed by atoms with Crippen molar-refractivity contribution in [1.29, 1.82) is 0 Å². The summed E-state index contributed by atoms with van der Waals surface area (Å²) < 4.78 is 0. The highest BCUT2D eigenvalue weighted by Crippen LogP contribution is 2.30. The van der Waals surface area contributed by atoms with Gasteiger partial charge in [-0.2, -0.15) is 0 Å². The molecule has 0 spiro atoms. The summed E-state index contributed by atoms with van der Waals surface area (Å²) in [6, 6.07) is 30.7. The highest BCUT2D eigenvalue weighted by molar-refractivity contribution is 5.89. The maximum atomic E-state index is 2.26. The average Bonchev–Trinajstić information content (AvgIpc) is 2.64. The highest BCUT2D eigenvalue weighted by Gasteiger charge is 2.09. The fourth-order valence-corrected chi connectivity index (χ4v) is 3.70. The summed E-state index contributed by atoms with van der Waals surface area (Å²) in [6.45, 7) is 4.38. The van der Waals surface area contributed by atoms with E-state index >= 15 is 0 Å². The number of hydrogen-bond acceptors (Lipinski definition) is 0. The molecule has 4 rings (SSSR count). The Labute approximate surface area is 149 Å². The molecule has 0 bridgehead atoms. The molecule has 0 fully saturated rings.